The largest absolute Gasteiger partial charge is 0.357 e. The molecule has 0 spiro atoms. The van der Waals surface area contributed by atoms with Crippen LogP contribution in [0.1, 0.15) is 11.1 Å². The molecule has 0 aliphatic heterocycles. The van der Waals surface area contributed by atoms with E-state index in [0.29, 0.717) is 5.75 Å². The summed E-state index contributed by atoms with van der Waals surface area (Å²) in [4.78, 5) is 6.45. The van der Waals surface area contributed by atoms with E-state index in [0.717, 1.165) is 4.85 Å². The number of rotatable bonds is 2. The number of hydrogen-bond donors (Lipinski definition) is 0. The molecule has 75 valence electrons. The molecule has 0 saturated heterocycles. The monoisotopic (exact) mass is 209 g/mol. The van der Waals surface area contributed by atoms with Crippen molar-refractivity contribution in [3.63, 3.8) is 0 Å². The topological polar surface area (TPSA) is 74.6 Å². The molecule has 0 aliphatic rings. The molecular weight excluding hydrogens is 204 g/mol. The molecule has 0 amide bonds. The van der Waals surface area contributed by atoms with Gasteiger partial charge in [0.1, 0.15) is 23.9 Å². The molecule has 0 unspecified atom stereocenters. The Morgan fingerprint density at radius 1 is 1.31 bits per heavy atom. The molecule has 2 rings (SSSR count). The summed E-state index contributed by atoms with van der Waals surface area (Å²) in [5, 5.41) is 21.5. The van der Waals surface area contributed by atoms with Gasteiger partial charge in [0.25, 0.3) is 0 Å². The van der Waals surface area contributed by atoms with E-state index in [9.17, 15) is 0 Å². The molecule has 0 N–H and O–H groups in total. The van der Waals surface area contributed by atoms with Gasteiger partial charge < -0.3 is 4.84 Å². The van der Waals surface area contributed by atoms with Crippen molar-refractivity contribution in [1.82, 2.24) is 9.94 Å². The van der Waals surface area contributed by atoms with Gasteiger partial charge in [-0.05, 0) is 18.2 Å². The van der Waals surface area contributed by atoms with Gasteiger partial charge >= 0.3 is 0 Å². The van der Waals surface area contributed by atoms with Gasteiger partial charge in [-0.3, -0.25) is 0 Å². The summed E-state index contributed by atoms with van der Waals surface area (Å²) in [7, 11) is 0. The predicted octanol–water partition coefficient (Wildman–Crippen LogP) is 1.27. The highest BCUT2D eigenvalue weighted by molar-refractivity contribution is 5.53. The summed E-state index contributed by atoms with van der Waals surface area (Å²) in [6.45, 7) is 0. The number of nitrogens with zero attached hydrogens (tertiary/aromatic N) is 4. The van der Waals surface area contributed by atoms with E-state index >= 15 is 0 Å². The Morgan fingerprint density at radius 3 is 2.81 bits per heavy atom. The van der Waals surface area contributed by atoms with Gasteiger partial charge in [-0.25, -0.2) is 0 Å². The van der Waals surface area contributed by atoms with Gasteiger partial charge in [0.2, 0.25) is 0 Å². The van der Waals surface area contributed by atoms with Crippen molar-refractivity contribution < 1.29 is 4.84 Å². The molecule has 0 bridgehead atoms. The van der Waals surface area contributed by atoms with Gasteiger partial charge in [-0.1, -0.05) is 10.9 Å². The fourth-order valence-corrected chi connectivity index (χ4v) is 1.19. The second kappa shape index (κ2) is 4.16. The summed E-state index contributed by atoms with van der Waals surface area (Å²) in [5.74, 6) is 0.290. The molecule has 0 aliphatic carbocycles. The van der Waals surface area contributed by atoms with Crippen molar-refractivity contribution in [2.75, 3.05) is 0 Å². The molecule has 0 saturated carbocycles. The molecule has 1 heterocycles. The third kappa shape index (κ3) is 1.70. The second-order valence-electron chi connectivity index (χ2n) is 2.84. The third-order valence-corrected chi connectivity index (χ3v) is 1.88. The maximum Gasteiger partial charge on any atom is 0.176 e. The van der Waals surface area contributed by atoms with Gasteiger partial charge in [0.15, 0.2) is 5.75 Å². The molecular formula is C11H5N4O. The van der Waals surface area contributed by atoms with E-state index in [1.807, 2.05) is 12.1 Å². The van der Waals surface area contributed by atoms with Crippen molar-refractivity contribution in [2.24, 2.45) is 0 Å². The van der Waals surface area contributed by atoms with Crippen LogP contribution in [0, 0.1) is 28.9 Å². The summed E-state index contributed by atoms with van der Waals surface area (Å²) in [6, 6.07) is 10.2. The van der Waals surface area contributed by atoms with Crippen molar-refractivity contribution in [3.8, 4) is 17.9 Å². The molecule has 16 heavy (non-hydrogen) atoms. The van der Waals surface area contributed by atoms with Crippen molar-refractivity contribution >= 4 is 0 Å². The lowest BCUT2D eigenvalue weighted by atomic mass is 10.1. The Hall–Kier alpha value is -2.79. The number of aromatic nitrogens is 2. The van der Waals surface area contributed by atoms with Crippen LogP contribution >= 0.6 is 0 Å². The molecule has 5 heteroatoms. The Bertz CT molecular complexity index is 575. The Balaban J connectivity index is 2.43. The van der Waals surface area contributed by atoms with Crippen LogP contribution in [0.5, 0.6) is 5.75 Å². The Kier molecular flexibility index (Phi) is 2.53. The van der Waals surface area contributed by atoms with E-state index in [1.54, 1.807) is 30.5 Å². The molecule has 1 aromatic heterocycles. The highest BCUT2D eigenvalue weighted by Crippen LogP contribution is 2.21. The van der Waals surface area contributed by atoms with Crippen molar-refractivity contribution in [3.05, 3.63) is 47.8 Å². The normalized spacial score (nSPS) is 9.12. The average molecular weight is 209 g/mol. The lowest BCUT2D eigenvalue weighted by Crippen LogP contribution is -2.06. The Labute approximate surface area is 91.7 Å². The summed E-state index contributed by atoms with van der Waals surface area (Å²) >= 11 is 0. The fraction of sp³-hybridized carbons (Fsp3) is 0. The van der Waals surface area contributed by atoms with Gasteiger partial charge in [-0.15, -0.1) is 5.10 Å². The minimum Gasteiger partial charge on any atom is -0.357 e. The first-order chi connectivity index (χ1) is 7.85. The molecule has 1 radical (unpaired) electrons. The first-order valence-electron chi connectivity index (χ1n) is 4.38. The van der Waals surface area contributed by atoms with Crippen LogP contribution in [0.4, 0.5) is 0 Å². The molecule has 0 fully saturated rings. The van der Waals surface area contributed by atoms with Gasteiger partial charge in [0.05, 0.1) is 11.8 Å². The van der Waals surface area contributed by atoms with Crippen molar-refractivity contribution in [1.29, 1.82) is 10.5 Å². The van der Waals surface area contributed by atoms with E-state index in [-0.39, 0.29) is 11.1 Å². The van der Waals surface area contributed by atoms with Crippen LogP contribution in [-0.2, 0) is 0 Å². The van der Waals surface area contributed by atoms with Crippen molar-refractivity contribution in [2.45, 2.75) is 0 Å². The van der Waals surface area contributed by atoms with Crippen LogP contribution in [0.25, 0.3) is 0 Å². The molecule has 0 atom stereocenters. The zero-order valence-electron chi connectivity index (χ0n) is 8.08. The SMILES string of the molecule is N#Cc1cccc(On2cc[c]n2)c1C#N. The fourth-order valence-electron chi connectivity index (χ4n) is 1.19. The molecule has 1 aromatic carbocycles. The average Bonchev–Trinajstić information content (AvgIpc) is 2.81. The van der Waals surface area contributed by atoms with E-state index in [1.165, 1.54) is 0 Å². The lowest BCUT2D eigenvalue weighted by molar-refractivity contribution is 0.178. The number of benzene rings is 1. The smallest absolute Gasteiger partial charge is 0.176 e. The molecule has 2 aromatic rings. The highest BCUT2D eigenvalue weighted by Gasteiger charge is 2.09. The molecule has 5 nitrogen and oxygen atoms in total. The maximum absolute atomic E-state index is 8.94. The Morgan fingerprint density at radius 2 is 2.19 bits per heavy atom. The van der Waals surface area contributed by atoms with Crippen LogP contribution in [0.15, 0.2) is 30.5 Å². The van der Waals surface area contributed by atoms with E-state index in [2.05, 4.69) is 11.3 Å². The number of hydrogen-bond acceptors (Lipinski definition) is 4. The quantitative estimate of drug-likeness (QED) is 0.746. The second-order valence-corrected chi connectivity index (χ2v) is 2.84. The summed E-state index contributed by atoms with van der Waals surface area (Å²) in [6.07, 6.45) is 4.10. The van der Waals surface area contributed by atoms with Crippen LogP contribution in [0.3, 0.4) is 0 Å². The number of nitriles is 2. The maximum atomic E-state index is 8.94. The van der Waals surface area contributed by atoms with Crippen LogP contribution in [-0.4, -0.2) is 9.94 Å². The predicted molar refractivity (Wildman–Crippen MR) is 53.0 cm³/mol. The summed E-state index contributed by atoms with van der Waals surface area (Å²) in [5.41, 5.74) is 0.469. The van der Waals surface area contributed by atoms with Crippen LogP contribution in [0.2, 0.25) is 0 Å². The van der Waals surface area contributed by atoms with E-state index in [4.69, 9.17) is 15.4 Å². The minimum atomic E-state index is 0.195. The zero-order chi connectivity index (χ0) is 11.4. The van der Waals surface area contributed by atoms with Gasteiger partial charge in [0, 0.05) is 0 Å². The first kappa shape index (κ1) is 9.75. The highest BCUT2D eigenvalue weighted by atomic mass is 16.7. The van der Waals surface area contributed by atoms with Crippen LogP contribution < -0.4 is 4.84 Å². The third-order valence-electron chi connectivity index (χ3n) is 1.88. The van der Waals surface area contributed by atoms with E-state index < -0.39 is 0 Å². The standard InChI is InChI=1S/C11H5N4O/c12-7-9-3-1-4-11(10(9)8-13)16-15-6-2-5-14-15/h1-4,6H. The lowest BCUT2D eigenvalue weighted by Gasteiger charge is -2.06. The minimum absolute atomic E-state index is 0.195. The zero-order valence-corrected chi connectivity index (χ0v) is 8.08. The first-order valence-corrected chi connectivity index (χ1v) is 4.38. The summed E-state index contributed by atoms with van der Waals surface area (Å²) < 4.78 is 0. The van der Waals surface area contributed by atoms with Gasteiger partial charge in [-0.2, -0.15) is 10.5 Å².